The Hall–Kier alpha value is 0.310. The van der Waals surface area contributed by atoms with E-state index in [1.54, 1.807) is 0 Å². The number of likely N-dealkylation sites (tertiary alicyclic amines) is 1. The van der Waals surface area contributed by atoms with Gasteiger partial charge in [-0.1, -0.05) is 26.7 Å². The van der Waals surface area contributed by atoms with Gasteiger partial charge in [-0.2, -0.15) is 12.6 Å². The zero-order chi connectivity index (χ0) is 11.1. The third-order valence-electron chi connectivity index (χ3n) is 3.54. The molecule has 1 aliphatic heterocycles. The van der Waals surface area contributed by atoms with Gasteiger partial charge >= 0.3 is 0 Å². The molecule has 0 bridgehead atoms. The standard InChI is InChI=1S/C13H27NS/c1-12(2)13-8-7-10-14(13)9-5-3-4-6-11-15/h12-13,15H,3-11H2,1-2H3. The molecule has 1 unspecified atom stereocenters. The van der Waals surface area contributed by atoms with Gasteiger partial charge in [0, 0.05) is 6.04 Å². The van der Waals surface area contributed by atoms with Crippen molar-refractivity contribution in [2.45, 2.75) is 58.4 Å². The summed E-state index contributed by atoms with van der Waals surface area (Å²) in [6.07, 6.45) is 8.27. The molecular formula is C13H27NS. The van der Waals surface area contributed by atoms with Crippen LogP contribution >= 0.6 is 12.6 Å². The Morgan fingerprint density at radius 1 is 1.20 bits per heavy atom. The molecule has 1 aliphatic rings. The van der Waals surface area contributed by atoms with Crippen molar-refractivity contribution in [3.05, 3.63) is 0 Å². The number of thiol groups is 1. The first-order valence-corrected chi connectivity index (χ1v) is 7.24. The van der Waals surface area contributed by atoms with Crippen molar-refractivity contribution in [2.24, 2.45) is 5.92 Å². The van der Waals surface area contributed by atoms with Crippen molar-refractivity contribution >= 4 is 12.6 Å². The molecule has 0 aromatic heterocycles. The highest BCUT2D eigenvalue weighted by Crippen LogP contribution is 2.23. The molecule has 1 atom stereocenters. The van der Waals surface area contributed by atoms with E-state index in [9.17, 15) is 0 Å². The molecule has 0 saturated carbocycles. The van der Waals surface area contributed by atoms with Crippen LogP contribution < -0.4 is 0 Å². The second-order valence-electron chi connectivity index (χ2n) is 5.13. The first-order chi connectivity index (χ1) is 7.25. The molecule has 1 nitrogen and oxygen atoms in total. The van der Waals surface area contributed by atoms with Crippen LogP contribution in [0.25, 0.3) is 0 Å². The summed E-state index contributed by atoms with van der Waals surface area (Å²) >= 11 is 4.24. The van der Waals surface area contributed by atoms with Crippen LogP contribution in [0.2, 0.25) is 0 Å². The van der Waals surface area contributed by atoms with Crippen LogP contribution in [0.1, 0.15) is 52.4 Å². The lowest BCUT2D eigenvalue weighted by Gasteiger charge is -2.27. The SMILES string of the molecule is CC(C)C1CCCN1CCCCCCS. The first-order valence-electron chi connectivity index (χ1n) is 6.60. The van der Waals surface area contributed by atoms with Crippen LogP contribution in [0.3, 0.4) is 0 Å². The summed E-state index contributed by atoms with van der Waals surface area (Å²) in [5.74, 6) is 1.89. The van der Waals surface area contributed by atoms with Crippen molar-refractivity contribution in [3.8, 4) is 0 Å². The third kappa shape index (κ3) is 4.78. The van der Waals surface area contributed by atoms with Crippen LogP contribution in [0, 0.1) is 5.92 Å². The maximum absolute atomic E-state index is 4.24. The van der Waals surface area contributed by atoms with Crippen molar-refractivity contribution in [1.82, 2.24) is 4.90 Å². The van der Waals surface area contributed by atoms with E-state index in [0.29, 0.717) is 0 Å². The Balaban J connectivity index is 2.09. The number of hydrogen-bond donors (Lipinski definition) is 1. The molecule has 0 amide bonds. The Bertz CT molecular complexity index is 159. The van der Waals surface area contributed by atoms with E-state index in [1.165, 1.54) is 51.6 Å². The van der Waals surface area contributed by atoms with Crippen molar-refractivity contribution in [3.63, 3.8) is 0 Å². The lowest BCUT2D eigenvalue weighted by Crippen LogP contribution is -2.34. The second kappa shape index (κ2) is 7.56. The van der Waals surface area contributed by atoms with Crippen LogP contribution in [0.15, 0.2) is 0 Å². The Labute approximate surface area is 101 Å². The first kappa shape index (κ1) is 13.4. The van der Waals surface area contributed by atoms with Gasteiger partial charge in [-0.25, -0.2) is 0 Å². The third-order valence-corrected chi connectivity index (χ3v) is 3.85. The number of rotatable bonds is 7. The summed E-state index contributed by atoms with van der Waals surface area (Å²) in [4.78, 5) is 2.71. The molecular weight excluding hydrogens is 202 g/mol. The predicted molar refractivity (Wildman–Crippen MR) is 71.8 cm³/mol. The highest BCUT2D eigenvalue weighted by Gasteiger charge is 2.25. The second-order valence-corrected chi connectivity index (χ2v) is 5.57. The Kier molecular flexibility index (Phi) is 6.74. The summed E-state index contributed by atoms with van der Waals surface area (Å²) in [6.45, 7) is 7.40. The van der Waals surface area contributed by atoms with E-state index in [2.05, 4.69) is 31.4 Å². The van der Waals surface area contributed by atoms with Crippen LogP contribution in [0.4, 0.5) is 0 Å². The van der Waals surface area contributed by atoms with Gasteiger partial charge in [0.2, 0.25) is 0 Å². The summed E-state index contributed by atoms with van der Waals surface area (Å²) in [7, 11) is 0. The quantitative estimate of drug-likeness (QED) is 0.516. The maximum atomic E-state index is 4.24. The molecule has 1 rings (SSSR count). The van der Waals surface area contributed by atoms with Gasteiger partial charge in [0.1, 0.15) is 0 Å². The molecule has 0 aromatic rings. The maximum Gasteiger partial charge on any atom is 0.0119 e. The van der Waals surface area contributed by atoms with Gasteiger partial charge in [-0.05, 0) is 50.4 Å². The zero-order valence-corrected chi connectivity index (χ0v) is 11.3. The summed E-state index contributed by atoms with van der Waals surface area (Å²) < 4.78 is 0. The topological polar surface area (TPSA) is 3.24 Å². The fourth-order valence-corrected chi connectivity index (χ4v) is 2.89. The highest BCUT2D eigenvalue weighted by atomic mass is 32.1. The van der Waals surface area contributed by atoms with E-state index in [0.717, 1.165) is 17.7 Å². The normalized spacial score (nSPS) is 22.8. The smallest absolute Gasteiger partial charge is 0.0119 e. The van der Waals surface area contributed by atoms with Crippen molar-refractivity contribution < 1.29 is 0 Å². The molecule has 0 spiro atoms. The molecule has 1 heterocycles. The largest absolute Gasteiger partial charge is 0.300 e. The van der Waals surface area contributed by atoms with E-state index in [-0.39, 0.29) is 0 Å². The van der Waals surface area contributed by atoms with Gasteiger partial charge in [0.05, 0.1) is 0 Å². The minimum absolute atomic E-state index is 0.838. The van der Waals surface area contributed by atoms with Gasteiger partial charge in [0.25, 0.3) is 0 Å². The Morgan fingerprint density at radius 2 is 1.93 bits per heavy atom. The highest BCUT2D eigenvalue weighted by molar-refractivity contribution is 7.80. The molecule has 2 heteroatoms. The Morgan fingerprint density at radius 3 is 2.60 bits per heavy atom. The molecule has 0 radical (unpaired) electrons. The molecule has 1 saturated heterocycles. The molecule has 0 aliphatic carbocycles. The van der Waals surface area contributed by atoms with Crippen molar-refractivity contribution in [1.29, 1.82) is 0 Å². The van der Waals surface area contributed by atoms with Crippen LogP contribution in [-0.4, -0.2) is 29.8 Å². The lowest BCUT2D eigenvalue weighted by atomic mass is 10.0. The van der Waals surface area contributed by atoms with Gasteiger partial charge in [-0.15, -0.1) is 0 Å². The van der Waals surface area contributed by atoms with E-state index < -0.39 is 0 Å². The summed E-state index contributed by atoms with van der Waals surface area (Å²) in [6, 6.07) is 0.870. The average molecular weight is 229 g/mol. The number of unbranched alkanes of at least 4 members (excludes halogenated alkanes) is 3. The van der Waals surface area contributed by atoms with Gasteiger partial charge < -0.3 is 4.90 Å². The minimum atomic E-state index is 0.838. The molecule has 1 fully saturated rings. The summed E-state index contributed by atoms with van der Waals surface area (Å²) in [5, 5.41) is 0. The zero-order valence-electron chi connectivity index (χ0n) is 10.4. The van der Waals surface area contributed by atoms with Crippen LogP contribution in [-0.2, 0) is 0 Å². The number of nitrogens with zero attached hydrogens (tertiary/aromatic N) is 1. The predicted octanol–water partition coefficient (Wildman–Crippen LogP) is 3.60. The fraction of sp³-hybridized carbons (Fsp3) is 1.00. The molecule has 0 aromatic carbocycles. The van der Waals surface area contributed by atoms with Crippen molar-refractivity contribution in [2.75, 3.05) is 18.8 Å². The van der Waals surface area contributed by atoms with E-state index in [1.807, 2.05) is 0 Å². The lowest BCUT2D eigenvalue weighted by molar-refractivity contribution is 0.203. The molecule has 90 valence electrons. The van der Waals surface area contributed by atoms with E-state index >= 15 is 0 Å². The fourth-order valence-electron chi connectivity index (χ4n) is 2.66. The molecule has 15 heavy (non-hydrogen) atoms. The summed E-state index contributed by atoms with van der Waals surface area (Å²) in [5.41, 5.74) is 0. The van der Waals surface area contributed by atoms with Gasteiger partial charge in [0.15, 0.2) is 0 Å². The average Bonchev–Trinajstić information content (AvgIpc) is 2.66. The van der Waals surface area contributed by atoms with Gasteiger partial charge in [-0.3, -0.25) is 0 Å². The monoisotopic (exact) mass is 229 g/mol. The van der Waals surface area contributed by atoms with Crippen LogP contribution in [0.5, 0.6) is 0 Å². The van der Waals surface area contributed by atoms with E-state index in [4.69, 9.17) is 0 Å². The minimum Gasteiger partial charge on any atom is -0.300 e. The number of hydrogen-bond acceptors (Lipinski definition) is 2. The molecule has 0 N–H and O–H groups in total.